The first-order valence-corrected chi connectivity index (χ1v) is 8.86. The van der Waals surface area contributed by atoms with Gasteiger partial charge in [-0.2, -0.15) is 0 Å². The first-order valence-electron chi connectivity index (χ1n) is 8.86. The van der Waals surface area contributed by atoms with E-state index in [1.54, 1.807) is 12.4 Å². The van der Waals surface area contributed by atoms with Crippen molar-refractivity contribution < 1.29 is 4.42 Å². The van der Waals surface area contributed by atoms with Crippen LogP contribution >= 0.6 is 0 Å². The number of aromatic nitrogens is 2. The zero-order valence-electron chi connectivity index (χ0n) is 14.6. The van der Waals surface area contributed by atoms with E-state index in [0.29, 0.717) is 0 Å². The van der Waals surface area contributed by atoms with Crippen LogP contribution in [0.4, 0.5) is 5.69 Å². The molecule has 0 unspecified atom stereocenters. The van der Waals surface area contributed by atoms with Gasteiger partial charge in [-0.3, -0.25) is 9.97 Å². The van der Waals surface area contributed by atoms with Gasteiger partial charge in [-0.25, -0.2) is 0 Å². The van der Waals surface area contributed by atoms with Crippen LogP contribution in [0.25, 0.3) is 33.1 Å². The van der Waals surface area contributed by atoms with Crippen molar-refractivity contribution in [2.45, 2.75) is 6.54 Å². The highest BCUT2D eigenvalue weighted by Crippen LogP contribution is 2.32. The standard InChI is InChI=1S/C23H17N3O/c1-2-4-22-17(3-1)12-23(27-22)21-15-25-14-18-6-5-16(11-20(18)21)13-26-19-7-9-24-10-8-19/h1-12,14-15H,13H2,(H,24,26). The predicted molar refractivity (Wildman–Crippen MR) is 109 cm³/mol. The van der Waals surface area contributed by atoms with Gasteiger partial charge in [0.25, 0.3) is 0 Å². The van der Waals surface area contributed by atoms with Gasteiger partial charge in [-0.15, -0.1) is 0 Å². The minimum Gasteiger partial charge on any atom is -0.456 e. The van der Waals surface area contributed by atoms with Crippen LogP contribution in [0.1, 0.15) is 5.56 Å². The van der Waals surface area contributed by atoms with Gasteiger partial charge < -0.3 is 9.73 Å². The summed E-state index contributed by atoms with van der Waals surface area (Å²) in [6.07, 6.45) is 7.34. The van der Waals surface area contributed by atoms with Crippen LogP contribution in [-0.4, -0.2) is 9.97 Å². The Hall–Kier alpha value is -3.66. The smallest absolute Gasteiger partial charge is 0.137 e. The van der Waals surface area contributed by atoms with E-state index in [9.17, 15) is 0 Å². The molecule has 0 atom stereocenters. The second-order valence-electron chi connectivity index (χ2n) is 6.48. The maximum atomic E-state index is 6.07. The van der Waals surface area contributed by atoms with Crippen molar-refractivity contribution in [2.75, 3.05) is 5.32 Å². The van der Waals surface area contributed by atoms with E-state index in [1.807, 2.05) is 42.7 Å². The largest absolute Gasteiger partial charge is 0.456 e. The van der Waals surface area contributed by atoms with Gasteiger partial charge in [0, 0.05) is 53.4 Å². The van der Waals surface area contributed by atoms with Gasteiger partial charge in [-0.05, 0) is 41.3 Å². The van der Waals surface area contributed by atoms with Crippen molar-refractivity contribution in [3.63, 3.8) is 0 Å². The first-order chi connectivity index (χ1) is 13.4. The normalized spacial score (nSPS) is 11.1. The Morgan fingerprint density at radius 2 is 1.70 bits per heavy atom. The van der Waals surface area contributed by atoms with Crippen molar-refractivity contribution in [1.29, 1.82) is 0 Å². The number of anilines is 1. The van der Waals surface area contributed by atoms with Gasteiger partial charge in [-0.1, -0.05) is 30.3 Å². The lowest BCUT2D eigenvalue weighted by molar-refractivity contribution is 0.632. The molecule has 4 nitrogen and oxygen atoms in total. The van der Waals surface area contributed by atoms with Gasteiger partial charge in [0.1, 0.15) is 11.3 Å². The fourth-order valence-corrected chi connectivity index (χ4v) is 3.31. The molecular formula is C23H17N3O. The zero-order valence-corrected chi connectivity index (χ0v) is 14.6. The van der Waals surface area contributed by atoms with Crippen LogP contribution in [0.3, 0.4) is 0 Å². The molecule has 3 aromatic heterocycles. The molecule has 0 aliphatic rings. The zero-order chi connectivity index (χ0) is 18.1. The molecule has 5 aromatic rings. The summed E-state index contributed by atoms with van der Waals surface area (Å²) < 4.78 is 6.07. The Morgan fingerprint density at radius 1 is 0.815 bits per heavy atom. The molecule has 5 rings (SSSR count). The third-order valence-electron chi connectivity index (χ3n) is 4.69. The Morgan fingerprint density at radius 3 is 2.59 bits per heavy atom. The molecule has 27 heavy (non-hydrogen) atoms. The SMILES string of the molecule is c1ccc2oc(-c3cncc4ccc(CNc5ccncc5)cc34)cc2c1. The van der Waals surface area contributed by atoms with Crippen LogP contribution in [0.15, 0.2) is 89.9 Å². The summed E-state index contributed by atoms with van der Waals surface area (Å²) in [5.41, 5.74) is 4.15. The Labute approximate surface area is 156 Å². The van der Waals surface area contributed by atoms with E-state index in [4.69, 9.17) is 4.42 Å². The molecule has 0 radical (unpaired) electrons. The highest BCUT2D eigenvalue weighted by atomic mass is 16.3. The lowest BCUT2D eigenvalue weighted by atomic mass is 10.0. The fourth-order valence-electron chi connectivity index (χ4n) is 3.31. The summed E-state index contributed by atoms with van der Waals surface area (Å²) in [6.45, 7) is 0.738. The van der Waals surface area contributed by atoms with Gasteiger partial charge in [0.2, 0.25) is 0 Å². The van der Waals surface area contributed by atoms with Gasteiger partial charge in [0.05, 0.1) is 0 Å². The number of furan rings is 1. The number of fused-ring (bicyclic) bond motifs is 2. The van der Waals surface area contributed by atoms with Gasteiger partial charge in [0.15, 0.2) is 0 Å². The Balaban J connectivity index is 1.54. The number of hydrogen-bond donors (Lipinski definition) is 1. The second kappa shape index (κ2) is 6.57. The molecule has 0 bridgehead atoms. The number of nitrogens with one attached hydrogen (secondary N) is 1. The molecule has 0 aliphatic heterocycles. The first kappa shape index (κ1) is 15.6. The molecule has 1 N–H and O–H groups in total. The van der Waals surface area contributed by atoms with E-state index >= 15 is 0 Å². The van der Waals surface area contributed by atoms with Crippen molar-refractivity contribution in [1.82, 2.24) is 9.97 Å². The summed E-state index contributed by atoms with van der Waals surface area (Å²) in [5.74, 6) is 0.841. The van der Waals surface area contributed by atoms with Crippen LogP contribution in [-0.2, 0) is 6.54 Å². The maximum Gasteiger partial charge on any atom is 0.137 e. The van der Waals surface area contributed by atoms with E-state index < -0.39 is 0 Å². The highest BCUT2D eigenvalue weighted by molar-refractivity contribution is 5.97. The third-order valence-corrected chi connectivity index (χ3v) is 4.69. The average molecular weight is 351 g/mol. The summed E-state index contributed by atoms with van der Waals surface area (Å²) in [7, 11) is 0. The molecule has 2 aromatic carbocycles. The van der Waals surface area contributed by atoms with E-state index in [0.717, 1.165) is 45.3 Å². The quantitative estimate of drug-likeness (QED) is 0.454. The summed E-state index contributed by atoms with van der Waals surface area (Å²) in [5, 5.41) is 6.76. The number of nitrogens with zero attached hydrogens (tertiary/aromatic N) is 2. The lowest BCUT2D eigenvalue weighted by Crippen LogP contribution is -1.99. The molecule has 0 fully saturated rings. The molecule has 4 heteroatoms. The number of benzene rings is 2. The predicted octanol–water partition coefficient (Wildman–Crippen LogP) is 5.66. The molecule has 0 aliphatic carbocycles. The summed E-state index contributed by atoms with van der Waals surface area (Å²) in [6, 6.07) is 20.5. The molecule has 0 saturated carbocycles. The molecule has 0 saturated heterocycles. The highest BCUT2D eigenvalue weighted by Gasteiger charge is 2.10. The lowest BCUT2D eigenvalue weighted by Gasteiger charge is -2.09. The Kier molecular flexibility index (Phi) is 3.79. The van der Waals surface area contributed by atoms with Crippen molar-refractivity contribution in [2.24, 2.45) is 0 Å². The molecule has 3 heterocycles. The van der Waals surface area contributed by atoms with Crippen LogP contribution < -0.4 is 5.32 Å². The van der Waals surface area contributed by atoms with Crippen molar-refractivity contribution in [3.05, 3.63) is 91.0 Å². The minimum atomic E-state index is 0.738. The topological polar surface area (TPSA) is 51.0 Å². The van der Waals surface area contributed by atoms with Crippen LogP contribution in [0, 0.1) is 0 Å². The number of rotatable bonds is 4. The Bertz CT molecular complexity index is 1200. The number of para-hydroxylation sites is 1. The van der Waals surface area contributed by atoms with E-state index in [1.165, 1.54) is 5.56 Å². The third kappa shape index (κ3) is 3.02. The van der Waals surface area contributed by atoms with Crippen LogP contribution in [0.5, 0.6) is 0 Å². The number of hydrogen-bond acceptors (Lipinski definition) is 4. The van der Waals surface area contributed by atoms with E-state index in [2.05, 4.69) is 45.6 Å². The van der Waals surface area contributed by atoms with E-state index in [-0.39, 0.29) is 0 Å². The fraction of sp³-hybridized carbons (Fsp3) is 0.0435. The number of pyridine rings is 2. The molecule has 0 amide bonds. The van der Waals surface area contributed by atoms with Crippen LogP contribution in [0.2, 0.25) is 0 Å². The molecule has 0 spiro atoms. The average Bonchev–Trinajstić information content (AvgIpc) is 3.16. The summed E-state index contributed by atoms with van der Waals surface area (Å²) >= 11 is 0. The molecular weight excluding hydrogens is 334 g/mol. The minimum absolute atomic E-state index is 0.738. The van der Waals surface area contributed by atoms with Crippen molar-refractivity contribution in [3.8, 4) is 11.3 Å². The summed E-state index contributed by atoms with van der Waals surface area (Å²) in [4.78, 5) is 8.45. The maximum absolute atomic E-state index is 6.07. The van der Waals surface area contributed by atoms with Crippen molar-refractivity contribution >= 4 is 27.4 Å². The monoisotopic (exact) mass is 351 g/mol. The second-order valence-corrected chi connectivity index (χ2v) is 6.48. The van der Waals surface area contributed by atoms with Gasteiger partial charge >= 0.3 is 0 Å². The molecule has 130 valence electrons.